The molecule has 0 aromatic carbocycles. The van der Waals surface area contributed by atoms with Crippen molar-refractivity contribution in [3.8, 4) is 0 Å². The van der Waals surface area contributed by atoms with E-state index in [1.54, 1.807) is 0 Å². The summed E-state index contributed by atoms with van der Waals surface area (Å²) in [6, 6.07) is 0. The van der Waals surface area contributed by atoms with E-state index in [0.29, 0.717) is 26.1 Å². The van der Waals surface area contributed by atoms with Crippen molar-refractivity contribution in [2.75, 3.05) is 13.2 Å². The van der Waals surface area contributed by atoms with Crippen molar-refractivity contribution >= 4 is 5.97 Å². The molecule has 1 aliphatic rings. The second-order valence-corrected chi connectivity index (χ2v) is 4.17. The number of alkyl halides is 3. The monoisotopic (exact) mass is 240 g/mol. The Hall–Kier alpha value is -0.780. The van der Waals surface area contributed by atoms with Gasteiger partial charge in [-0.25, -0.2) is 0 Å². The first-order valence-electron chi connectivity index (χ1n) is 5.24. The van der Waals surface area contributed by atoms with E-state index in [2.05, 4.69) is 0 Å². The highest BCUT2D eigenvalue weighted by atomic mass is 19.4. The highest BCUT2D eigenvalue weighted by Gasteiger charge is 2.40. The molecular weight excluding hydrogens is 225 g/mol. The molecule has 1 aliphatic heterocycles. The summed E-state index contributed by atoms with van der Waals surface area (Å²) in [4.78, 5) is 11.1. The molecule has 3 nitrogen and oxygen atoms in total. The highest BCUT2D eigenvalue weighted by Crippen LogP contribution is 2.37. The molecule has 1 heterocycles. The topological polar surface area (TPSA) is 46.5 Å². The average Bonchev–Trinajstić information content (AvgIpc) is 2.17. The van der Waals surface area contributed by atoms with Crippen molar-refractivity contribution in [2.24, 2.45) is 5.41 Å². The number of carbonyl (C=O) groups is 1. The van der Waals surface area contributed by atoms with Gasteiger partial charge in [0.05, 0.1) is 5.41 Å². The normalized spacial score (nSPS) is 20.7. The number of halogens is 3. The first-order chi connectivity index (χ1) is 7.36. The predicted molar refractivity (Wildman–Crippen MR) is 50.0 cm³/mol. The van der Waals surface area contributed by atoms with Crippen LogP contribution in [0.5, 0.6) is 0 Å². The molecule has 0 bridgehead atoms. The minimum Gasteiger partial charge on any atom is -0.481 e. The van der Waals surface area contributed by atoms with Crippen LogP contribution in [0.4, 0.5) is 13.2 Å². The summed E-state index contributed by atoms with van der Waals surface area (Å²) in [5.74, 6) is -1.00. The van der Waals surface area contributed by atoms with E-state index in [-0.39, 0.29) is 12.8 Å². The van der Waals surface area contributed by atoms with Gasteiger partial charge in [-0.15, -0.1) is 0 Å². The molecule has 1 N–H and O–H groups in total. The second kappa shape index (κ2) is 5.03. The molecule has 0 aromatic rings. The van der Waals surface area contributed by atoms with E-state index < -0.39 is 24.0 Å². The Bertz CT molecular complexity index is 244. The lowest BCUT2D eigenvalue weighted by molar-refractivity contribution is -0.158. The van der Waals surface area contributed by atoms with Crippen LogP contribution in [0.3, 0.4) is 0 Å². The van der Waals surface area contributed by atoms with Gasteiger partial charge in [-0.1, -0.05) is 0 Å². The van der Waals surface area contributed by atoms with Crippen LogP contribution in [0.25, 0.3) is 0 Å². The fourth-order valence-corrected chi connectivity index (χ4v) is 1.96. The number of hydrogen-bond acceptors (Lipinski definition) is 2. The van der Waals surface area contributed by atoms with E-state index in [1.807, 2.05) is 0 Å². The van der Waals surface area contributed by atoms with Gasteiger partial charge in [0, 0.05) is 19.6 Å². The van der Waals surface area contributed by atoms with Gasteiger partial charge in [-0.2, -0.15) is 13.2 Å². The number of carboxylic acids is 1. The average molecular weight is 240 g/mol. The van der Waals surface area contributed by atoms with Gasteiger partial charge in [-0.05, 0) is 25.7 Å². The molecule has 0 radical (unpaired) electrons. The number of carboxylic acid groups (broad SMARTS) is 1. The van der Waals surface area contributed by atoms with Crippen LogP contribution in [-0.4, -0.2) is 30.5 Å². The molecule has 0 aromatic heterocycles. The fraction of sp³-hybridized carbons (Fsp3) is 0.900. The lowest BCUT2D eigenvalue weighted by atomic mass is 9.76. The molecule has 0 aliphatic carbocycles. The zero-order chi connectivity index (χ0) is 12.2. The Kier molecular flexibility index (Phi) is 4.18. The number of hydrogen-bond donors (Lipinski definition) is 1. The summed E-state index contributed by atoms with van der Waals surface area (Å²) in [6.45, 7) is 0.636. The molecule has 94 valence electrons. The van der Waals surface area contributed by atoms with Crippen LogP contribution >= 0.6 is 0 Å². The van der Waals surface area contributed by atoms with Crippen LogP contribution in [0.15, 0.2) is 0 Å². The van der Waals surface area contributed by atoms with Gasteiger partial charge in [0.25, 0.3) is 0 Å². The molecule has 1 fully saturated rings. The van der Waals surface area contributed by atoms with Crippen molar-refractivity contribution in [1.29, 1.82) is 0 Å². The van der Waals surface area contributed by atoms with Crippen molar-refractivity contribution in [3.05, 3.63) is 0 Å². The van der Waals surface area contributed by atoms with Crippen LogP contribution in [-0.2, 0) is 9.53 Å². The Balaban J connectivity index is 2.48. The molecule has 16 heavy (non-hydrogen) atoms. The standard InChI is InChI=1S/C10H15F3O3/c11-10(12,13)3-1-2-9(8(14)15)4-6-16-7-5-9/h1-7H2,(H,14,15). The smallest absolute Gasteiger partial charge is 0.389 e. The zero-order valence-corrected chi connectivity index (χ0v) is 8.85. The quantitative estimate of drug-likeness (QED) is 0.821. The van der Waals surface area contributed by atoms with Crippen LogP contribution in [0, 0.1) is 5.41 Å². The Morgan fingerprint density at radius 1 is 1.31 bits per heavy atom. The second-order valence-electron chi connectivity index (χ2n) is 4.17. The summed E-state index contributed by atoms with van der Waals surface area (Å²) in [6.07, 6.45) is -4.56. The summed E-state index contributed by atoms with van der Waals surface area (Å²) in [5, 5.41) is 9.08. The van der Waals surface area contributed by atoms with Gasteiger partial charge >= 0.3 is 12.1 Å². The number of aliphatic carboxylic acids is 1. The maximum Gasteiger partial charge on any atom is 0.389 e. The third kappa shape index (κ3) is 3.66. The molecule has 0 atom stereocenters. The van der Waals surface area contributed by atoms with Crippen molar-refractivity contribution in [3.63, 3.8) is 0 Å². The number of rotatable bonds is 4. The molecule has 0 saturated carbocycles. The third-order valence-electron chi connectivity index (χ3n) is 3.02. The van der Waals surface area contributed by atoms with Crippen molar-refractivity contribution in [2.45, 2.75) is 38.3 Å². The van der Waals surface area contributed by atoms with Gasteiger partial charge in [0.15, 0.2) is 0 Å². The highest BCUT2D eigenvalue weighted by molar-refractivity contribution is 5.74. The third-order valence-corrected chi connectivity index (χ3v) is 3.02. The zero-order valence-electron chi connectivity index (χ0n) is 8.85. The molecule has 6 heteroatoms. The fourth-order valence-electron chi connectivity index (χ4n) is 1.96. The van der Waals surface area contributed by atoms with Gasteiger partial charge in [-0.3, -0.25) is 4.79 Å². The summed E-state index contributed by atoms with van der Waals surface area (Å²) < 4.78 is 40.9. The first kappa shape index (κ1) is 13.3. The largest absolute Gasteiger partial charge is 0.481 e. The summed E-state index contributed by atoms with van der Waals surface area (Å²) in [5.41, 5.74) is -1.01. The molecule has 0 unspecified atom stereocenters. The maximum absolute atomic E-state index is 12.0. The molecule has 0 spiro atoms. The Morgan fingerprint density at radius 2 is 1.88 bits per heavy atom. The maximum atomic E-state index is 12.0. The lowest BCUT2D eigenvalue weighted by Crippen LogP contribution is -2.37. The SMILES string of the molecule is O=C(O)C1(CCCC(F)(F)F)CCOCC1. The Morgan fingerprint density at radius 3 is 2.31 bits per heavy atom. The minimum absolute atomic E-state index is 0.0746. The summed E-state index contributed by atoms with van der Waals surface area (Å²) in [7, 11) is 0. The lowest BCUT2D eigenvalue weighted by Gasteiger charge is -2.33. The molecule has 1 saturated heterocycles. The van der Waals surface area contributed by atoms with E-state index in [9.17, 15) is 18.0 Å². The van der Waals surface area contributed by atoms with Gasteiger partial charge < -0.3 is 9.84 Å². The van der Waals surface area contributed by atoms with Crippen LogP contribution in [0.1, 0.15) is 32.1 Å². The van der Waals surface area contributed by atoms with Gasteiger partial charge in [0.2, 0.25) is 0 Å². The molecular formula is C10H15F3O3. The van der Waals surface area contributed by atoms with E-state index in [0.717, 1.165) is 0 Å². The van der Waals surface area contributed by atoms with Crippen LogP contribution < -0.4 is 0 Å². The molecule has 0 amide bonds. The van der Waals surface area contributed by atoms with E-state index in [4.69, 9.17) is 9.84 Å². The predicted octanol–water partition coefficient (Wildman–Crippen LogP) is 2.60. The van der Waals surface area contributed by atoms with E-state index in [1.165, 1.54) is 0 Å². The van der Waals surface area contributed by atoms with Crippen molar-refractivity contribution < 1.29 is 27.8 Å². The van der Waals surface area contributed by atoms with Crippen molar-refractivity contribution in [1.82, 2.24) is 0 Å². The number of ether oxygens (including phenoxy) is 1. The Labute approximate surface area is 91.6 Å². The van der Waals surface area contributed by atoms with E-state index >= 15 is 0 Å². The van der Waals surface area contributed by atoms with Gasteiger partial charge in [0.1, 0.15) is 0 Å². The summed E-state index contributed by atoms with van der Waals surface area (Å²) >= 11 is 0. The first-order valence-corrected chi connectivity index (χ1v) is 5.24. The molecule has 1 rings (SSSR count). The minimum atomic E-state index is -4.20. The van der Waals surface area contributed by atoms with Crippen LogP contribution in [0.2, 0.25) is 0 Å².